The zero-order valence-electron chi connectivity index (χ0n) is 19.9. The van der Waals surface area contributed by atoms with Crippen LogP contribution in [-0.2, 0) is 21.4 Å². The molecule has 190 valence electrons. The number of anilines is 1. The highest BCUT2D eigenvalue weighted by molar-refractivity contribution is 7.89. The van der Waals surface area contributed by atoms with Crippen molar-refractivity contribution in [2.24, 2.45) is 0 Å². The van der Waals surface area contributed by atoms with Crippen LogP contribution in [0.5, 0.6) is 11.5 Å². The van der Waals surface area contributed by atoms with Gasteiger partial charge in [-0.15, -0.1) is 0 Å². The summed E-state index contributed by atoms with van der Waals surface area (Å²) in [5.74, 6) is 0.491. The molecule has 0 fully saturated rings. The molecular formula is C28H24Cl2N2O4S. The summed E-state index contributed by atoms with van der Waals surface area (Å²) in [4.78, 5) is 13.2. The number of carbonyl (C=O) groups excluding carboxylic acids is 1. The third-order valence-corrected chi connectivity index (χ3v) is 7.87. The maximum Gasteiger partial charge on any atom is 0.243 e. The summed E-state index contributed by atoms with van der Waals surface area (Å²) in [5, 5.41) is 3.51. The van der Waals surface area contributed by atoms with Gasteiger partial charge in [-0.2, -0.15) is 4.31 Å². The Morgan fingerprint density at radius 1 is 0.892 bits per heavy atom. The lowest BCUT2D eigenvalue weighted by atomic mass is 10.2. The molecule has 4 aromatic carbocycles. The number of nitrogens with one attached hydrogen (secondary N) is 1. The fourth-order valence-corrected chi connectivity index (χ4v) is 5.39. The first-order chi connectivity index (χ1) is 17.7. The molecule has 0 aliphatic heterocycles. The van der Waals surface area contributed by atoms with Gasteiger partial charge >= 0.3 is 0 Å². The third kappa shape index (κ3) is 6.90. The van der Waals surface area contributed by atoms with E-state index in [9.17, 15) is 13.2 Å². The molecule has 0 aliphatic rings. The molecule has 0 bridgehead atoms. The van der Waals surface area contributed by atoms with Gasteiger partial charge in [0.2, 0.25) is 15.9 Å². The van der Waals surface area contributed by atoms with E-state index in [0.29, 0.717) is 32.8 Å². The van der Waals surface area contributed by atoms with Gasteiger partial charge in [0.25, 0.3) is 0 Å². The van der Waals surface area contributed by atoms with Crippen molar-refractivity contribution in [1.82, 2.24) is 4.31 Å². The van der Waals surface area contributed by atoms with E-state index in [1.807, 2.05) is 25.1 Å². The number of hydrogen-bond acceptors (Lipinski definition) is 4. The smallest absolute Gasteiger partial charge is 0.243 e. The lowest BCUT2D eigenvalue weighted by Gasteiger charge is -2.23. The van der Waals surface area contributed by atoms with Crippen molar-refractivity contribution in [3.8, 4) is 11.5 Å². The molecule has 4 rings (SSSR count). The van der Waals surface area contributed by atoms with Crippen LogP contribution in [-0.4, -0.2) is 25.2 Å². The number of hydrogen-bond donors (Lipinski definition) is 1. The normalized spacial score (nSPS) is 11.4. The second kappa shape index (κ2) is 11.8. The molecule has 0 spiro atoms. The molecule has 0 heterocycles. The Hall–Kier alpha value is -3.36. The summed E-state index contributed by atoms with van der Waals surface area (Å²) in [6, 6.07) is 27.3. The van der Waals surface area contributed by atoms with E-state index in [2.05, 4.69) is 5.32 Å². The minimum absolute atomic E-state index is 0.0730. The van der Waals surface area contributed by atoms with Crippen LogP contribution in [0.25, 0.3) is 0 Å². The molecule has 0 aromatic heterocycles. The first-order valence-corrected chi connectivity index (χ1v) is 13.5. The summed E-state index contributed by atoms with van der Waals surface area (Å²) in [5.41, 5.74) is 1.84. The van der Waals surface area contributed by atoms with Crippen molar-refractivity contribution in [3.63, 3.8) is 0 Å². The zero-order chi connectivity index (χ0) is 26.4. The predicted octanol–water partition coefficient (Wildman–Crippen LogP) is 6.92. The number of aryl methyl sites for hydroxylation is 1. The average Bonchev–Trinajstić information content (AvgIpc) is 2.87. The largest absolute Gasteiger partial charge is 0.455 e. The maximum atomic E-state index is 13.6. The Morgan fingerprint density at radius 2 is 1.57 bits per heavy atom. The Labute approximate surface area is 226 Å². The monoisotopic (exact) mass is 554 g/mol. The van der Waals surface area contributed by atoms with Gasteiger partial charge in [-0.25, -0.2) is 8.42 Å². The van der Waals surface area contributed by atoms with Crippen LogP contribution in [0.4, 0.5) is 5.69 Å². The Bertz CT molecular complexity index is 1490. The van der Waals surface area contributed by atoms with Gasteiger partial charge in [0.1, 0.15) is 5.75 Å². The minimum atomic E-state index is -4.04. The van der Waals surface area contributed by atoms with Gasteiger partial charge in [0.15, 0.2) is 5.75 Å². The molecule has 0 saturated heterocycles. The quantitative estimate of drug-likeness (QED) is 0.243. The standard InChI is InChI=1S/C28H24Cl2N2O4S/c1-20-11-15-24(16-12-20)37(34,35)32(18-21-13-14-22(29)17-25(21)30)19-28(33)31-26-9-5-6-10-27(26)36-23-7-3-2-4-8-23/h2-17H,18-19H2,1H3,(H,31,33). The second-order valence-electron chi connectivity index (χ2n) is 8.28. The highest BCUT2D eigenvalue weighted by atomic mass is 35.5. The Morgan fingerprint density at radius 3 is 2.27 bits per heavy atom. The topological polar surface area (TPSA) is 75.7 Å². The van der Waals surface area contributed by atoms with E-state index in [1.54, 1.807) is 60.7 Å². The molecule has 1 amide bonds. The van der Waals surface area contributed by atoms with Gasteiger partial charge in [0.05, 0.1) is 17.1 Å². The van der Waals surface area contributed by atoms with Crippen LogP contribution in [0, 0.1) is 6.92 Å². The number of benzene rings is 4. The summed E-state index contributed by atoms with van der Waals surface area (Å²) in [6.45, 7) is 1.29. The van der Waals surface area contributed by atoms with Crippen LogP contribution in [0.3, 0.4) is 0 Å². The molecule has 4 aromatic rings. The van der Waals surface area contributed by atoms with Crippen LogP contribution >= 0.6 is 23.2 Å². The van der Waals surface area contributed by atoms with E-state index in [1.165, 1.54) is 18.2 Å². The average molecular weight is 555 g/mol. The van der Waals surface area contributed by atoms with E-state index in [4.69, 9.17) is 27.9 Å². The SMILES string of the molecule is Cc1ccc(S(=O)(=O)N(CC(=O)Nc2ccccc2Oc2ccccc2)Cc2ccc(Cl)cc2Cl)cc1. The number of carbonyl (C=O) groups is 1. The molecule has 9 heteroatoms. The number of nitrogens with zero attached hydrogens (tertiary/aromatic N) is 1. The molecule has 0 saturated carbocycles. The van der Waals surface area contributed by atoms with Crippen LogP contribution < -0.4 is 10.1 Å². The van der Waals surface area contributed by atoms with Crippen LogP contribution in [0.2, 0.25) is 10.0 Å². The maximum absolute atomic E-state index is 13.6. The van der Waals surface area contributed by atoms with Gasteiger partial charge in [-0.1, -0.05) is 77.3 Å². The van der Waals surface area contributed by atoms with E-state index < -0.39 is 22.5 Å². The first-order valence-electron chi connectivity index (χ1n) is 11.3. The molecule has 0 aliphatic carbocycles. The zero-order valence-corrected chi connectivity index (χ0v) is 22.2. The van der Waals surface area contributed by atoms with Gasteiger partial charge < -0.3 is 10.1 Å². The number of sulfonamides is 1. The molecule has 0 atom stereocenters. The van der Waals surface area contributed by atoms with Crippen molar-refractivity contribution in [2.45, 2.75) is 18.4 Å². The summed E-state index contributed by atoms with van der Waals surface area (Å²) >= 11 is 12.3. The Kier molecular flexibility index (Phi) is 8.51. The van der Waals surface area contributed by atoms with Crippen molar-refractivity contribution < 1.29 is 17.9 Å². The van der Waals surface area contributed by atoms with Crippen molar-refractivity contribution in [2.75, 3.05) is 11.9 Å². The van der Waals surface area contributed by atoms with Crippen LogP contribution in [0.15, 0.2) is 102 Å². The number of amides is 1. The number of para-hydroxylation sites is 3. The van der Waals surface area contributed by atoms with Crippen LogP contribution in [0.1, 0.15) is 11.1 Å². The fourth-order valence-electron chi connectivity index (χ4n) is 3.55. The van der Waals surface area contributed by atoms with E-state index >= 15 is 0 Å². The predicted molar refractivity (Wildman–Crippen MR) is 147 cm³/mol. The Balaban J connectivity index is 1.60. The molecule has 6 nitrogen and oxygen atoms in total. The fraction of sp³-hybridized carbons (Fsp3) is 0.107. The van der Waals surface area contributed by atoms with Crippen molar-refractivity contribution >= 4 is 44.8 Å². The summed E-state index contributed by atoms with van der Waals surface area (Å²) in [7, 11) is -4.04. The molecule has 1 N–H and O–H groups in total. The van der Waals surface area contributed by atoms with Crippen molar-refractivity contribution in [1.29, 1.82) is 0 Å². The number of halogens is 2. The highest BCUT2D eigenvalue weighted by Gasteiger charge is 2.28. The molecule has 37 heavy (non-hydrogen) atoms. The molecule has 0 radical (unpaired) electrons. The first kappa shape index (κ1) is 26.7. The minimum Gasteiger partial charge on any atom is -0.455 e. The highest BCUT2D eigenvalue weighted by Crippen LogP contribution is 2.30. The van der Waals surface area contributed by atoms with Gasteiger partial charge in [-0.05, 0) is 61.0 Å². The van der Waals surface area contributed by atoms with E-state index in [0.717, 1.165) is 9.87 Å². The number of rotatable bonds is 9. The van der Waals surface area contributed by atoms with Gasteiger partial charge in [0, 0.05) is 16.6 Å². The second-order valence-corrected chi connectivity index (χ2v) is 11.1. The van der Waals surface area contributed by atoms with Crippen molar-refractivity contribution in [3.05, 3.63) is 118 Å². The molecular weight excluding hydrogens is 531 g/mol. The summed E-state index contributed by atoms with van der Waals surface area (Å²) in [6.07, 6.45) is 0. The molecule has 0 unspecified atom stereocenters. The lowest BCUT2D eigenvalue weighted by molar-refractivity contribution is -0.116. The van der Waals surface area contributed by atoms with E-state index in [-0.39, 0.29) is 11.4 Å². The number of ether oxygens (including phenoxy) is 1. The van der Waals surface area contributed by atoms with Gasteiger partial charge in [-0.3, -0.25) is 4.79 Å². The lowest BCUT2D eigenvalue weighted by Crippen LogP contribution is -2.37. The third-order valence-electron chi connectivity index (χ3n) is 5.47. The summed E-state index contributed by atoms with van der Waals surface area (Å²) < 4.78 is 34.1.